The number of halogens is 1. The molecule has 0 spiro atoms. The molecule has 1 aliphatic rings. The number of benzene rings is 1. The number of carbonyl (C=O) groups is 1. The minimum atomic E-state index is -0.0486. The normalized spacial score (nSPS) is 13.5. The molecule has 2 heterocycles. The van der Waals surface area contributed by atoms with Gasteiger partial charge in [-0.3, -0.25) is 9.78 Å². The second-order valence-corrected chi connectivity index (χ2v) is 5.38. The van der Waals surface area contributed by atoms with Gasteiger partial charge in [-0.25, -0.2) is 0 Å². The molecule has 19 heavy (non-hydrogen) atoms. The topological polar surface area (TPSA) is 39.2 Å². The van der Waals surface area contributed by atoms with Crippen molar-refractivity contribution in [1.29, 1.82) is 0 Å². The van der Waals surface area contributed by atoms with Crippen LogP contribution in [-0.2, 0) is 6.42 Å². The Morgan fingerprint density at radius 1 is 1.32 bits per heavy atom. The fourth-order valence-corrected chi connectivity index (χ4v) is 2.62. The molecule has 0 N–H and O–H groups in total. The lowest BCUT2D eigenvalue weighted by Crippen LogP contribution is -2.13. The minimum absolute atomic E-state index is 0.0486. The molecule has 0 amide bonds. The van der Waals surface area contributed by atoms with E-state index in [2.05, 4.69) is 20.9 Å². The lowest BCUT2D eigenvalue weighted by atomic mass is 9.97. The lowest BCUT2D eigenvalue weighted by molar-refractivity contribution is 0.103. The number of aromatic nitrogens is 1. The van der Waals surface area contributed by atoms with Gasteiger partial charge in [-0.1, -0.05) is 12.1 Å². The molecule has 96 valence electrons. The van der Waals surface area contributed by atoms with Crippen LogP contribution in [0.25, 0.3) is 0 Å². The summed E-state index contributed by atoms with van der Waals surface area (Å²) in [6.45, 7) is 0.675. The Bertz CT molecular complexity index is 640. The van der Waals surface area contributed by atoms with Gasteiger partial charge < -0.3 is 4.74 Å². The summed E-state index contributed by atoms with van der Waals surface area (Å²) in [5.74, 6) is 0.686. The van der Waals surface area contributed by atoms with E-state index in [0.29, 0.717) is 17.7 Å². The Hall–Kier alpha value is -1.68. The fraction of sp³-hybridized carbons (Fsp3) is 0.200. The fourth-order valence-electron chi connectivity index (χ4n) is 2.26. The van der Waals surface area contributed by atoms with Crippen LogP contribution in [-0.4, -0.2) is 17.4 Å². The SMILES string of the molecule is O=C(c1cncc(Br)c1)c1cccc2c1OCCC2. The van der Waals surface area contributed by atoms with Crippen molar-refractivity contribution in [1.82, 2.24) is 4.98 Å². The first-order valence-electron chi connectivity index (χ1n) is 6.15. The third kappa shape index (κ3) is 2.40. The molecule has 4 heteroatoms. The van der Waals surface area contributed by atoms with E-state index < -0.39 is 0 Å². The minimum Gasteiger partial charge on any atom is -0.493 e. The second-order valence-electron chi connectivity index (χ2n) is 4.47. The van der Waals surface area contributed by atoms with Crippen LogP contribution in [0.15, 0.2) is 41.1 Å². The molecule has 3 nitrogen and oxygen atoms in total. The second kappa shape index (κ2) is 5.13. The smallest absolute Gasteiger partial charge is 0.198 e. The Morgan fingerprint density at radius 3 is 3.05 bits per heavy atom. The Balaban J connectivity index is 2.05. The molecule has 1 aliphatic heterocycles. The predicted molar refractivity (Wildman–Crippen MR) is 75.6 cm³/mol. The highest BCUT2D eigenvalue weighted by molar-refractivity contribution is 9.10. The summed E-state index contributed by atoms with van der Waals surface area (Å²) in [5.41, 5.74) is 2.30. The highest BCUT2D eigenvalue weighted by Crippen LogP contribution is 2.30. The molecule has 3 rings (SSSR count). The quantitative estimate of drug-likeness (QED) is 0.797. The Labute approximate surface area is 119 Å². The van der Waals surface area contributed by atoms with Gasteiger partial charge in [-0.15, -0.1) is 0 Å². The largest absolute Gasteiger partial charge is 0.493 e. The van der Waals surface area contributed by atoms with Crippen LogP contribution >= 0.6 is 15.9 Å². The van der Waals surface area contributed by atoms with E-state index in [4.69, 9.17) is 4.74 Å². The van der Waals surface area contributed by atoms with Crippen LogP contribution in [0.5, 0.6) is 5.75 Å². The zero-order valence-electron chi connectivity index (χ0n) is 10.2. The molecule has 0 radical (unpaired) electrons. The van der Waals surface area contributed by atoms with Gasteiger partial charge in [0.05, 0.1) is 12.2 Å². The van der Waals surface area contributed by atoms with Crippen LogP contribution < -0.4 is 4.74 Å². The van der Waals surface area contributed by atoms with Gasteiger partial charge in [-0.2, -0.15) is 0 Å². The van der Waals surface area contributed by atoms with Gasteiger partial charge in [0.15, 0.2) is 5.78 Å². The van der Waals surface area contributed by atoms with Gasteiger partial charge >= 0.3 is 0 Å². The van der Waals surface area contributed by atoms with E-state index in [0.717, 1.165) is 28.6 Å². The monoisotopic (exact) mass is 317 g/mol. The number of hydrogen-bond donors (Lipinski definition) is 0. The summed E-state index contributed by atoms with van der Waals surface area (Å²) in [6.07, 6.45) is 5.21. The number of ketones is 1. The molecular formula is C15H12BrNO2. The van der Waals surface area contributed by atoms with Crippen molar-refractivity contribution in [3.63, 3.8) is 0 Å². The van der Waals surface area contributed by atoms with E-state index in [1.54, 1.807) is 18.5 Å². The highest BCUT2D eigenvalue weighted by atomic mass is 79.9. The van der Waals surface area contributed by atoms with Crippen LogP contribution in [0.4, 0.5) is 0 Å². The van der Waals surface area contributed by atoms with Gasteiger partial charge in [0.25, 0.3) is 0 Å². The van der Waals surface area contributed by atoms with Crippen molar-refractivity contribution < 1.29 is 9.53 Å². The molecule has 2 aromatic rings. The molecule has 0 unspecified atom stereocenters. The molecule has 0 atom stereocenters. The molecule has 0 saturated carbocycles. The number of para-hydroxylation sites is 1. The van der Waals surface area contributed by atoms with Crippen molar-refractivity contribution in [3.8, 4) is 5.75 Å². The summed E-state index contributed by atoms with van der Waals surface area (Å²) in [6, 6.07) is 7.52. The van der Waals surface area contributed by atoms with Crippen LogP contribution in [0.2, 0.25) is 0 Å². The Kier molecular flexibility index (Phi) is 3.34. The summed E-state index contributed by atoms with van der Waals surface area (Å²) < 4.78 is 6.47. The molecule has 1 aromatic carbocycles. The van der Waals surface area contributed by atoms with Crippen LogP contribution in [0.3, 0.4) is 0 Å². The average molecular weight is 318 g/mol. The predicted octanol–water partition coefficient (Wildman–Crippen LogP) is 3.40. The standard InChI is InChI=1S/C15H12BrNO2/c16-12-7-11(8-17-9-12)14(18)13-5-1-3-10-4-2-6-19-15(10)13/h1,3,5,7-9H,2,4,6H2. The molecule has 0 bridgehead atoms. The zero-order chi connectivity index (χ0) is 13.2. The summed E-state index contributed by atoms with van der Waals surface area (Å²) in [4.78, 5) is 16.6. The van der Waals surface area contributed by atoms with E-state index in [1.165, 1.54) is 0 Å². The molecule has 0 aliphatic carbocycles. The number of nitrogens with zero attached hydrogens (tertiary/aromatic N) is 1. The van der Waals surface area contributed by atoms with E-state index in [9.17, 15) is 4.79 Å². The first-order valence-corrected chi connectivity index (χ1v) is 6.95. The first kappa shape index (κ1) is 12.4. The maximum atomic E-state index is 12.5. The number of carbonyl (C=O) groups excluding carboxylic acids is 1. The van der Waals surface area contributed by atoms with Crippen molar-refractivity contribution in [3.05, 3.63) is 57.8 Å². The maximum absolute atomic E-state index is 12.5. The van der Waals surface area contributed by atoms with Crippen molar-refractivity contribution in [2.45, 2.75) is 12.8 Å². The van der Waals surface area contributed by atoms with Crippen molar-refractivity contribution in [2.75, 3.05) is 6.61 Å². The van der Waals surface area contributed by atoms with E-state index in [-0.39, 0.29) is 5.78 Å². The summed E-state index contributed by atoms with van der Waals surface area (Å²) in [5, 5.41) is 0. The zero-order valence-corrected chi connectivity index (χ0v) is 11.8. The number of aryl methyl sites for hydroxylation is 1. The third-order valence-corrected chi connectivity index (χ3v) is 3.58. The molecular weight excluding hydrogens is 306 g/mol. The van der Waals surface area contributed by atoms with Crippen molar-refractivity contribution >= 4 is 21.7 Å². The number of pyridine rings is 1. The van der Waals surface area contributed by atoms with Gasteiger partial charge in [0.2, 0.25) is 0 Å². The van der Waals surface area contributed by atoms with Gasteiger partial charge in [-0.05, 0) is 46.5 Å². The number of ether oxygens (including phenoxy) is 1. The Morgan fingerprint density at radius 2 is 2.21 bits per heavy atom. The summed E-state index contributed by atoms with van der Waals surface area (Å²) >= 11 is 3.33. The number of rotatable bonds is 2. The van der Waals surface area contributed by atoms with E-state index >= 15 is 0 Å². The lowest BCUT2D eigenvalue weighted by Gasteiger charge is -2.19. The van der Waals surface area contributed by atoms with Crippen LogP contribution in [0.1, 0.15) is 27.9 Å². The maximum Gasteiger partial charge on any atom is 0.198 e. The van der Waals surface area contributed by atoms with Gasteiger partial charge in [0.1, 0.15) is 5.75 Å². The number of fused-ring (bicyclic) bond motifs is 1. The molecule has 0 fully saturated rings. The molecule has 1 aromatic heterocycles. The third-order valence-electron chi connectivity index (χ3n) is 3.15. The first-order chi connectivity index (χ1) is 9.25. The van der Waals surface area contributed by atoms with Gasteiger partial charge in [0, 0.05) is 22.4 Å². The van der Waals surface area contributed by atoms with Crippen molar-refractivity contribution in [2.24, 2.45) is 0 Å². The molecule has 0 saturated heterocycles. The highest BCUT2D eigenvalue weighted by Gasteiger charge is 2.20. The average Bonchev–Trinajstić information content (AvgIpc) is 2.46. The van der Waals surface area contributed by atoms with E-state index in [1.807, 2.05) is 18.2 Å². The summed E-state index contributed by atoms with van der Waals surface area (Å²) in [7, 11) is 0. The number of hydrogen-bond acceptors (Lipinski definition) is 3. The van der Waals surface area contributed by atoms with Crippen LogP contribution in [0, 0.1) is 0 Å².